The maximum Gasteiger partial charge on any atom is 0.130 e. The highest BCUT2D eigenvalue weighted by atomic mass is 32.1. The summed E-state index contributed by atoms with van der Waals surface area (Å²) in [7, 11) is 0. The SMILES string of the molecule is Cc1ncc(-c2ncnc(N)c2C)s1. The Morgan fingerprint density at radius 2 is 2.00 bits per heavy atom. The van der Waals surface area contributed by atoms with Crippen molar-refractivity contribution in [2.45, 2.75) is 13.8 Å². The topological polar surface area (TPSA) is 64.7 Å². The van der Waals surface area contributed by atoms with Crippen molar-refractivity contribution in [1.82, 2.24) is 15.0 Å². The summed E-state index contributed by atoms with van der Waals surface area (Å²) < 4.78 is 0. The van der Waals surface area contributed by atoms with Gasteiger partial charge in [0.1, 0.15) is 12.1 Å². The summed E-state index contributed by atoms with van der Waals surface area (Å²) in [5, 5.41) is 1.02. The maximum atomic E-state index is 5.70. The lowest BCUT2D eigenvalue weighted by Crippen LogP contribution is -1.97. The monoisotopic (exact) mass is 206 g/mol. The molecule has 4 nitrogen and oxygen atoms in total. The van der Waals surface area contributed by atoms with Crippen molar-refractivity contribution < 1.29 is 0 Å². The van der Waals surface area contributed by atoms with E-state index in [-0.39, 0.29) is 0 Å². The number of aromatic nitrogens is 3. The van der Waals surface area contributed by atoms with E-state index in [4.69, 9.17) is 5.73 Å². The molecule has 72 valence electrons. The van der Waals surface area contributed by atoms with Crippen LogP contribution in [0.25, 0.3) is 10.6 Å². The third-order valence-corrected chi connectivity index (χ3v) is 2.90. The predicted molar refractivity (Wildman–Crippen MR) is 57.0 cm³/mol. The molecule has 2 aromatic heterocycles. The second kappa shape index (κ2) is 3.34. The van der Waals surface area contributed by atoms with E-state index in [1.54, 1.807) is 11.3 Å². The second-order valence-electron chi connectivity index (χ2n) is 2.98. The van der Waals surface area contributed by atoms with Crippen LogP contribution in [0.5, 0.6) is 0 Å². The fraction of sp³-hybridized carbons (Fsp3) is 0.222. The van der Waals surface area contributed by atoms with E-state index in [0.717, 1.165) is 21.1 Å². The van der Waals surface area contributed by atoms with Crippen LogP contribution in [0.4, 0.5) is 5.82 Å². The number of thiazole rings is 1. The van der Waals surface area contributed by atoms with Crippen LogP contribution in [0.3, 0.4) is 0 Å². The molecule has 5 heteroatoms. The lowest BCUT2D eigenvalue weighted by Gasteiger charge is -2.02. The first-order chi connectivity index (χ1) is 6.68. The zero-order valence-corrected chi connectivity index (χ0v) is 8.80. The zero-order chi connectivity index (χ0) is 10.1. The van der Waals surface area contributed by atoms with E-state index in [0.29, 0.717) is 5.82 Å². The average Bonchev–Trinajstić information content (AvgIpc) is 2.57. The number of anilines is 1. The van der Waals surface area contributed by atoms with Crippen molar-refractivity contribution in [2.24, 2.45) is 0 Å². The van der Waals surface area contributed by atoms with Crippen LogP contribution in [-0.2, 0) is 0 Å². The Morgan fingerprint density at radius 3 is 2.64 bits per heavy atom. The third kappa shape index (κ3) is 1.46. The van der Waals surface area contributed by atoms with Gasteiger partial charge in [-0.05, 0) is 13.8 Å². The Kier molecular flexibility index (Phi) is 2.17. The van der Waals surface area contributed by atoms with Gasteiger partial charge in [0.05, 0.1) is 15.6 Å². The molecule has 0 aliphatic rings. The van der Waals surface area contributed by atoms with Gasteiger partial charge >= 0.3 is 0 Å². The quantitative estimate of drug-likeness (QED) is 0.772. The molecule has 0 saturated carbocycles. The molecule has 0 aromatic carbocycles. The minimum Gasteiger partial charge on any atom is -0.383 e. The van der Waals surface area contributed by atoms with Gasteiger partial charge in [0.15, 0.2) is 0 Å². The summed E-state index contributed by atoms with van der Waals surface area (Å²) in [5.74, 6) is 0.529. The summed E-state index contributed by atoms with van der Waals surface area (Å²) in [5.41, 5.74) is 7.49. The number of hydrogen-bond acceptors (Lipinski definition) is 5. The largest absolute Gasteiger partial charge is 0.383 e. The van der Waals surface area contributed by atoms with Crippen molar-refractivity contribution in [3.63, 3.8) is 0 Å². The molecular weight excluding hydrogens is 196 g/mol. The molecule has 0 saturated heterocycles. The first-order valence-corrected chi connectivity index (χ1v) is 5.00. The van der Waals surface area contributed by atoms with Crippen LogP contribution in [0.2, 0.25) is 0 Å². The van der Waals surface area contributed by atoms with Crippen LogP contribution in [0, 0.1) is 13.8 Å². The van der Waals surface area contributed by atoms with Crippen LogP contribution >= 0.6 is 11.3 Å². The molecule has 0 amide bonds. The number of nitrogen functional groups attached to an aromatic ring is 1. The lowest BCUT2D eigenvalue weighted by molar-refractivity contribution is 1.15. The molecule has 0 fully saturated rings. The average molecular weight is 206 g/mol. The molecule has 0 atom stereocenters. The van der Waals surface area contributed by atoms with E-state index < -0.39 is 0 Å². The molecule has 0 spiro atoms. The summed E-state index contributed by atoms with van der Waals surface area (Å²) >= 11 is 1.61. The molecule has 0 aliphatic carbocycles. The number of rotatable bonds is 1. The third-order valence-electron chi connectivity index (χ3n) is 1.98. The number of aryl methyl sites for hydroxylation is 1. The summed E-state index contributed by atoms with van der Waals surface area (Å²) in [6.07, 6.45) is 3.29. The Morgan fingerprint density at radius 1 is 1.21 bits per heavy atom. The Balaban J connectivity index is 2.57. The summed E-state index contributed by atoms with van der Waals surface area (Å²) in [6.45, 7) is 3.88. The molecule has 2 N–H and O–H groups in total. The van der Waals surface area contributed by atoms with Gasteiger partial charge in [-0.25, -0.2) is 15.0 Å². The molecule has 0 unspecified atom stereocenters. The minimum absolute atomic E-state index is 0.529. The first kappa shape index (κ1) is 9.08. The number of nitrogens with zero attached hydrogens (tertiary/aromatic N) is 3. The minimum atomic E-state index is 0.529. The van der Waals surface area contributed by atoms with Crippen LogP contribution in [0.1, 0.15) is 10.6 Å². The van der Waals surface area contributed by atoms with Gasteiger partial charge < -0.3 is 5.73 Å². The van der Waals surface area contributed by atoms with Gasteiger partial charge in [-0.2, -0.15) is 0 Å². The van der Waals surface area contributed by atoms with E-state index in [1.165, 1.54) is 6.33 Å². The fourth-order valence-corrected chi connectivity index (χ4v) is 2.01. The van der Waals surface area contributed by atoms with Gasteiger partial charge in [0.2, 0.25) is 0 Å². The Hall–Kier alpha value is -1.49. The molecule has 2 aromatic rings. The fourth-order valence-electron chi connectivity index (χ4n) is 1.18. The van der Waals surface area contributed by atoms with Gasteiger partial charge in [-0.15, -0.1) is 11.3 Å². The predicted octanol–water partition coefficient (Wildman–Crippen LogP) is 1.80. The number of nitrogens with two attached hydrogens (primary N) is 1. The highest BCUT2D eigenvalue weighted by molar-refractivity contribution is 7.15. The van der Waals surface area contributed by atoms with Crippen molar-refractivity contribution >= 4 is 17.2 Å². The molecule has 14 heavy (non-hydrogen) atoms. The molecular formula is C9H10N4S. The van der Waals surface area contributed by atoms with Crippen molar-refractivity contribution in [2.75, 3.05) is 5.73 Å². The smallest absolute Gasteiger partial charge is 0.130 e. The van der Waals surface area contributed by atoms with Crippen LogP contribution in [0.15, 0.2) is 12.5 Å². The van der Waals surface area contributed by atoms with Crippen LogP contribution in [-0.4, -0.2) is 15.0 Å². The molecule has 0 bridgehead atoms. The normalized spacial score (nSPS) is 10.4. The summed E-state index contributed by atoms with van der Waals surface area (Å²) in [4.78, 5) is 13.3. The van der Waals surface area contributed by atoms with Crippen molar-refractivity contribution in [1.29, 1.82) is 0 Å². The molecule has 2 heterocycles. The van der Waals surface area contributed by atoms with Gasteiger partial charge in [-0.3, -0.25) is 0 Å². The van der Waals surface area contributed by atoms with Gasteiger partial charge in [0, 0.05) is 11.8 Å². The van der Waals surface area contributed by atoms with Crippen LogP contribution < -0.4 is 5.73 Å². The van der Waals surface area contributed by atoms with Crippen molar-refractivity contribution in [3.05, 3.63) is 23.1 Å². The standard InChI is InChI=1S/C9H10N4S/c1-5-8(12-4-13-9(5)10)7-3-11-6(2)14-7/h3-4H,1-2H3,(H2,10,12,13). The molecule has 0 radical (unpaired) electrons. The Bertz CT molecular complexity index is 464. The zero-order valence-electron chi connectivity index (χ0n) is 7.98. The van der Waals surface area contributed by atoms with E-state index >= 15 is 0 Å². The maximum absolute atomic E-state index is 5.70. The van der Waals surface area contributed by atoms with Crippen molar-refractivity contribution in [3.8, 4) is 10.6 Å². The first-order valence-electron chi connectivity index (χ1n) is 4.18. The van der Waals surface area contributed by atoms with E-state index in [2.05, 4.69) is 15.0 Å². The molecule has 0 aliphatic heterocycles. The molecule has 2 rings (SSSR count). The van der Waals surface area contributed by atoms with Gasteiger partial charge in [0.25, 0.3) is 0 Å². The highest BCUT2D eigenvalue weighted by Crippen LogP contribution is 2.27. The number of hydrogen-bond donors (Lipinski definition) is 1. The Labute approximate surface area is 85.9 Å². The van der Waals surface area contributed by atoms with E-state index in [9.17, 15) is 0 Å². The lowest BCUT2D eigenvalue weighted by atomic mass is 10.2. The van der Waals surface area contributed by atoms with E-state index in [1.807, 2.05) is 20.0 Å². The highest BCUT2D eigenvalue weighted by Gasteiger charge is 2.08. The second-order valence-corrected chi connectivity index (χ2v) is 4.21. The summed E-state index contributed by atoms with van der Waals surface area (Å²) in [6, 6.07) is 0. The van der Waals surface area contributed by atoms with Gasteiger partial charge in [-0.1, -0.05) is 0 Å².